The van der Waals surface area contributed by atoms with E-state index < -0.39 is 0 Å². The normalized spacial score (nSPS) is 14.8. The minimum Gasteiger partial charge on any atom is -0.492 e. The molecule has 0 atom stereocenters. The number of benzene rings is 1. The number of piperidine rings is 1. The molecule has 0 spiro atoms. The van der Waals surface area contributed by atoms with Gasteiger partial charge in [0.15, 0.2) is 17.1 Å². The van der Waals surface area contributed by atoms with E-state index in [-0.39, 0.29) is 5.78 Å². The predicted octanol–water partition coefficient (Wildman–Crippen LogP) is 4.33. The third-order valence-electron chi connectivity index (χ3n) is 5.77. The van der Waals surface area contributed by atoms with E-state index in [1.165, 1.54) is 25.3 Å². The highest BCUT2D eigenvalue weighted by Gasteiger charge is 2.28. The van der Waals surface area contributed by atoms with Crippen LogP contribution in [0.3, 0.4) is 0 Å². The standard InChI is InChI=1S/C25H31N3O5/c1-4-31-22-19-10-14-32-23(19)25(30-3)24(33-15-13-28-11-6-5-7-12-28)21(22)20(29)9-8-18-16-26-27(2)17-18/h8-10,14,16-17H,4-7,11-13,15H2,1-3H3. The van der Waals surface area contributed by atoms with Gasteiger partial charge in [-0.1, -0.05) is 6.42 Å². The molecule has 0 bridgehead atoms. The van der Waals surface area contributed by atoms with Crippen LogP contribution in [0.2, 0.25) is 0 Å². The summed E-state index contributed by atoms with van der Waals surface area (Å²) < 4.78 is 25.2. The molecule has 0 N–H and O–H groups in total. The van der Waals surface area contributed by atoms with Crippen LogP contribution >= 0.6 is 0 Å². The van der Waals surface area contributed by atoms with Crippen LogP contribution in [-0.2, 0) is 7.05 Å². The summed E-state index contributed by atoms with van der Waals surface area (Å²) in [4.78, 5) is 15.9. The monoisotopic (exact) mass is 453 g/mol. The first kappa shape index (κ1) is 22.9. The van der Waals surface area contributed by atoms with Crippen molar-refractivity contribution in [2.75, 3.05) is 40.0 Å². The maximum Gasteiger partial charge on any atom is 0.205 e. The molecule has 0 amide bonds. The maximum absolute atomic E-state index is 13.5. The van der Waals surface area contributed by atoms with Gasteiger partial charge in [0, 0.05) is 25.4 Å². The van der Waals surface area contributed by atoms with Gasteiger partial charge in [-0.2, -0.15) is 5.10 Å². The van der Waals surface area contributed by atoms with Gasteiger partial charge in [0.2, 0.25) is 5.75 Å². The van der Waals surface area contributed by atoms with E-state index in [1.54, 1.807) is 36.4 Å². The van der Waals surface area contributed by atoms with Crippen molar-refractivity contribution in [3.8, 4) is 17.2 Å². The lowest BCUT2D eigenvalue weighted by Gasteiger charge is -2.26. The molecule has 1 fully saturated rings. The molecule has 1 aliphatic rings. The van der Waals surface area contributed by atoms with E-state index >= 15 is 0 Å². The highest BCUT2D eigenvalue weighted by atomic mass is 16.5. The van der Waals surface area contributed by atoms with Crippen LogP contribution in [-0.4, -0.2) is 60.4 Å². The summed E-state index contributed by atoms with van der Waals surface area (Å²) in [5.41, 5.74) is 1.66. The van der Waals surface area contributed by atoms with Crippen molar-refractivity contribution in [3.63, 3.8) is 0 Å². The molecule has 2 aromatic heterocycles. The number of hydrogen-bond acceptors (Lipinski definition) is 7. The molecule has 0 saturated carbocycles. The minimum absolute atomic E-state index is 0.239. The minimum atomic E-state index is -0.239. The second kappa shape index (κ2) is 10.6. The molecule has 1 saturated heterocycles. The van der Waals surface area contributed by atoms with Gasteiger partial charge in [0.25, 0.3) is 0 Å². The summed E-state index contributed by atoms with van der Waals surface area (Å²) in [7, 11) is 3.38. The predicted molar refractivity (Wildman–Crippen MR) is 126 cm³/mol. The Morgan fingerprint density at radius 3 is 2.70 bits per heavy atom. The van der Waals surface area contributed by atoms with E-state index in [9.17, 15) is 4.79 Å². The number of aromatic nitrogens is 2. The molecule has 0 radical (unpaired) electrons. The van der Waals surface area contributed by atoms with Crippen LogP contribution in [0.1, 0.15) is 42.1 Å². The number of carbonyl (C=O) groups excluding carboxylic acids is 1. The largest absolute Gasteiger partial charge is 0.492 e. The Morgan fingerprint density at radius 1 is 1.18 bits per heavy atom. The number of ether oxygens (including phenoxy) is 3. The Bertz CT molecular complexity index is 1120. The first-order valence-corrected chi connectivity index (χ1v) is 11.4. The Balaban J connectivity index is 1.71. The number of fused-ring (bicyclic) bond motifs is 1. The first-order valence-electron chi connectivity index (χ1n) is 11.4. The van der Waals surface area contributed by atoms with Gasteiger partial charge >= 0.3 is 0 Å². The molecule has 3 heterocycles. The Labute approximate surface area is 193 Å². The van der Waals surface area contributed by atoms with Crippen molar-refractivity contribution < 1.29 is 23.4 Å². The highest BCUT2D eigenvalue weighted by molar-refractivity contribution is 6.15. The molecule has 33 heavy (non-hydrogen) atoms. The maximum atomic E-state index is 13.5. The molecule has 176 valence electrons. The summed E-state index contributed by atoms with van der Waals surface area (Å²) in [6.45, 7) is 5.63. The summed E-state index contributed by atoms with van der Waals surface area (Å²) in [6.07, 6.45) is 12.0. The van der Waals surface area contributed by atoms with Crippen LogP contribution < -0.4 is 14.2 Å². The van der Waals surface area contributed by atoms with Crippen LogP contribution in [0.5, 0.6) is 17.2 Å². The molecule has 8 heteroatoms. The van der Waals surface area contributed by atoms with Gasteiger partial charge in [0.05, 0.1) is 31.6 Å². The van der Waals surface area contributed by atoms with Crippen molar-refractivity contribution in [2.45, 2.75) is 26.2 Å². The number of likely N-dealkylation sites (tertiary alicyclic amines) is 1. The zero-order chi connectivity index (χ0) is 23.2. The lowest BCUT2D eigenvalue weighted by molar-refractivity contribution is 0.103. The molecule has 0 unspecified atom stereocenters. The van der Waals surface area contributed by atoms with Gasteiger partial charge in [-0.15, -0.1) is 0 Å². The molecule has 1 aromatic carbocycles. The number of furan rings is 1. The zero-order valence-corrected chi connectivity index (χ0v) is 19.5. The first-order chi connectivity index (χ1) is 16.1. The van der Waals surface area contributed by atoms with Crippen molar-refractivity contribution in [1.82, 2.24) is 14.7 Å². The number of hydrogen-bond donors (Lipinski definition) is 0. The molecular weight excluding hydrogens is 422 g/mol. The molecule has 8 nitrogen and oxygen atoms in total. The molecular formula is C25H31N3O5. The number of carbonyl (C=O) groups is 1. The van der Waals surface area contributed by atoms with E-state index in [4.69, 9.17) is 18.6 Å². The fourth-order valence-corrected chi connectivity index (χ4v) is 4.20. The molecule has 0 aliphatic carbocycles. The summed E-state index contributed by atoms with van der Waals surface area (Å²) in [5.74, 6) is 0.948. The van der Waals surface area contributed by atoms with Crippen LogP contribution in [0.15, 0.2) is 35.2 Å². The fourth-order valence-electron chi connectivity index (χ4n) is 4.20. The summed E-state index contributed by atoms with van der Waals surface area (Å²) >= 11 is 0. The van der Waals surface area contributed by atoms with Crippen molar-refractivity contribution in [2.24, 2.45) is 7.05 Å². The van der Waals surface area contributed by atoms with Gasteiger partial charge in [-0.05, 0) is 51.1 Å². The third kappa shape index (κ3) is 5.06. The number of methoxy groups -OCH3 is 1. The number of ketones is 1. The van der Waals surface area contributed by atoms with Gasteiger partial charge in [-0.3, -0.25) is 14.4 Å². The molecule has 4 rings (SSSR count). The Morgan fingerprint density at radius 2 is 2.00 bits per heavy atom. The highest BCUT2D eigenvalue weighted by Crippen LogP contribution is 2.47. The van der Waals surface area contributed by atoms with Crippen LogP contribution in [0, 0.1) is 0 Å². The van der Waals surface area contributed by atoms with E-state index in [1.807, 2.05) is 20.2 Å². The lowest BCUT2D eigenvalue weighted by atomic mass is 10.0. The number of aryl methyl sites for hydroxylation is 1. The zero-order valence-electron chi connectivity index (χ0n) is 19.5. The van der Waals surface area contributed by atoms with E-state index in [0.29, 0.717) is 47.0 Å². The number of nitrogens with zero attached hydrogens (tertiary/aromatic N) is 3. The molecule has 3 aromatic rings. The average Bonchev–Trinajstić information content (AvgIpc) is 3.47. The topological polar surface area (TPSA) is 79.0 Å². The lowest BCUT2D eigenvalue weighted by Crippen LogP contribution is -2.33. The van der Waals surface area contributed by atoms with Crippen LogP contribution in [0.25, 0.3) is 17.0 Å². The SMILES string of the molecule is CCOc1c(C(=O)C=Cc2cnn(C)c2)c(OCCN2CCCCC2)c(OC)c2occc12. The average molecular weight is 454 g/mol. The smallest absolute Gasteiger partial charge is 0.205 e. The van der Waals surface area contributed by atoms with E-state index in [2.05, 4.69) is 10.00 Å². The van der Waals surface area contributed by atoms with Gasteiger partial charge < -0.3 is 18.6 Å². The van der Waals surface area contributed by atoms with Crippen molar-refractivity contribution in [3.05, 3.63) is 41.9 Å². The Kier molecular flexibility index (Phi) is 7.34. The fraction of sp³-hybridized carbons (Fsp3) is 0.440. The van der Waals surface area contributed by atoms with Crippen molar-refractivity contribution in [1.29, 1.82) is 0 Å². The third-order valence-corrected chi connectivity index (χ3v) is 5.77. The quantitative estimate of drug-likeness (QED) is 0.334. The van der Waals surface area contributed by atoms with Crippen LogP contribution in [0.4, 0.5) is 0 Å². The second-order valence-electron chi connectivity index (χ2n) is 8.06. The van der Waals surface area contributed by atoms with E-state index in [0.717, 1.165) is 25.2 Å². The van der Waals surface area contributed by atoms with Gasteiger partial charge in [0.1, 0.15) is 17.9 Å². The van der Waals surface area contributed by atoms with Gasteiger partial charge in [-0.25, -0.2) is 0 Å². The summed E-state index contributed by atoms with van der Waals surface area (Å²) in [6, 6.07) is 1.78. The number of allylic oxidation sites excluding steroid dienone is 1. The Hall–Kier alpha value is -3.26. The summed E-state index contributed by atoms with van der Waals surface area (Å²) in [5, 5.41) is 4.82. The molecule has 1 aliphatic heterocycles. The van der Waals surface area contributed by atoms with Crippen molar-refractivity contribution >= 4 is 22.8 Å². The second-order valence-corrected chi connectivity index (χ2v) is 8.06. The number of rotatable bonds is 10.